The molecule has 70 valence electrons. The zero-order valence-corrected chi connectivity index (χ0v) is 7.34. The van der Waals surface area contributed by atoms with Gasteiger partial charge in [0.25, 0.3) is 5.92 Å². The molecule has 13 heavy (non-hydrogen) atoms. The van der Waals surface area contributed by atoms with Crippen molar-refractivity contribution >= 4 is 11.6 Å². The molecule has 0 unspecified atom stereocenters. The van der Waals surface area contributed by atoms with Gasteiger partial charge in [-0.1, -0.05) is 11.6 Å². The fraction of sp³-hybridized carbons (Fsp3) is 0.333. The molecule has 1 aliphatic rings. The molecule has 0 spiro atoms. The molecule has 0 bridgehead atoms. The fourth-order valence-corrected chi connectivity index (χ4v) is 1.84. The molecule has 0 atom stereocenters. The van der Waals surface area contributed by atoms with Crippen molar-refractivity contribution in [2.45, 2.75) is 18.8 Å². The Kier molecular flexibility index (Phi) is 1.80. The maximum Gasteiger partial charge on any atom is 0.256 e. The summed E-state index contributed by atoms with van der Waals surface area (Å²) < 4.78 is 38.8. The van der Waals surface area contributed by atoms with Crippen LogP contribution in [0.25, 0.3) is 0 Å². The van der Waals surface area contributed by atoms with Gasteiger partial charge in [0.1, 0.15) is 5.82 Å². The Balaban J connectivity index is 2.56. The van der Waals surface area contributed by atoms with Crippen molar-refractivity contribution in [2.75, 3.05) is 0 Å². The van der Waals surface area contributed by atoms with Crippen molar-refractivity contribution < 1.29 is 13.2 Å². The first-order valence-corrected chi connectivity index (χ1v) is 4.21. The summed E-state index contributed by atoms with van der Waals surface area (Å²) in [4.78, 5) is 0. The van der Waals surface area contributed by atoms with Gasteiger partial charge < -0.3 is 0 Å². The molecule has 1 aromatic carbocycles. The summed E-state index contributed by atoms with van der Waals surface area (Å²) in [5, 5.41) is 0.230. The summed E-state index contributed by atoms with van der Waals surface area (Å²) in [5.41, 5.74) is 0.323. The molecule has 0 amide bonds. The summed E-state index contributed by atoms with van der Waals surface area (Å²) >= 11 is 5.67. The van der Waals surface area contributed by atoms with Crippen LogP contribution in [0.2, 0.25) is 5.02 Å². The van der Waals surface area contributed by atoms with E-state index in [4.69, 9.17) is 11.6 Å². The lowest BCUT2D eigenvalue weighted by Crippen LogP contribution is -2.14. The predicted molar refractivity (Wildman–Crippen MR) is 43.8 cm³/mol. The quantitative estimate of drug-likeness (QED) is 0.612. The largest absolute Gasteiger partial charge is 0.256 e. The van der Waals surface area contributed by atoms with Gasteiger partial charge in [0.2, 0.25) is 0 Å². The maximum atomic E-state index is 13.0. The van der Waals surface area contributed by atoms with Gasteiger partial charge in [-0.2, -0.15) is 0 Å². The number of fused-ring (bicyclic) bond motifs is 1. The van der Waals surface area contributed by atoms with Crippen LogP contribution in [0.5, 0.6) is 0 Å². The van der Waals surface area contributed by atoms with Crippen LogP contribution < -0.4 is 0 Å². The van der Waals surface area contributed by atoms with Crippen LogP contribution in [-0.4, -0.2) is 5.92 Å². The van der Waals surface area contributed by atoms with Crippen LogP contribution in [0.1, 0.15) is 11.1 Å². The van der Waals surface area contributed by atoms with E-state index in [9.17, 15) is 13.2 Å². The van der Waals surface area contributed by atoms with Crippen molar-refractivity contribution in [3.63, 3.8) is 0 Å². The molecule has 1 aromatic rings. The fourth-order valence-electron chi connectivity index (χ4n) is 1.60. The van der Waals surface area contributed by atoms with Crippen molar-refractivity contribution in [3.05, 3.63) is 34.1 Å². The number of alkyl halides is 2. The molecule has 0 saturated heterocycles. The highest BCUT2D eigenvalue weighted by Crippen LogP contribution is 2.39. The highest BCUT2D eigenvalue weighted by molar-refractivity contribution is 6.31. The lowest BCUT2D eigenvalue weighted by atomic mass is 10.1. The normalized spacial score (nSPS) is 18.8. The van der Waals surface area contributed by atoms with Gasteiger partial charge in [0, 0.05) is 17.9 Å². The average molecular weight is 207 g/mol. The second-order valence-electron chi connectivity index (χ2n) is 3.20. The zero-order valence-electron chi connectivity index (χ0n) is 6.58. The molecule has 0 saturated carbocycles. The SMILES string of the molecule is Fc1ccc(Cl)c2c1CC(F)(F)C2. The lowest BCUT2D eigenvalue weighted by Gasteiger charge is -2.04. The third-order valence-corrected chi connectivity index (χ3v) is 2.54. The zero-order chi connectivity index (χ0) is 9.64. The minimum atomic E-state index is -2.84. The van der Waals surface area contributed by atoms with E-state index in [1.54, 1.807) is 0 Å². The summed E-state index contributed by atoms with van der Waals surface area (Å²) in [7, 11) is 0. The number of rotatable bonds is 0. The number of hydrogen-bond donors (Lipinski definition) is 0. The molecule has 0 radical (unpaired) electrons. The molecule has 0 nitrogen and oxygen atoms in total. The Bertz CT molecular complexity index is 327. The third-order valence-electron chi connectivity index (χ3n) is 2.19. The summed E-state index contributed by atoms with van der Waals surface area (Å²) in [6.45, 7) is 0. The predicted octanol–water partition coefficient (Wildman–Crippen LogP) is 3.21. The van der Waals surface area contributed by atoms with Gasteiger partial charge in [-0.3, -0.25) is 0 Å². The topological polar surface area (TPSA) is 0 Å². The molecule has 4 heteroatoms. The Morgan fingerprint density at radius 2 is 1.77 bits per heavy atom. The Hall–Kier alpha value is -0.700. The summed E-state index contributed by atoms with van der Waals surface area (Å²) in [5.74, 6) is -3.43. The summed E-state index contributed by atoms with van der Waals surface area (Å²) in [6, 6.07) is 2.44. The van der Waals surface area contributed by atoms with Crippen LogP contribution in [0.3, 0.4) is 0 Å². The first kappa shape index (κ1) is 8.88. The van der Waals surface area contributed by atoms with Crippen molar-refractivity contribution in [3.8, 4) is 0 Å². The van der Waals surface area contributed by atoms with E-state index in [2.05, 4.69) is 0 Å². The van der Waals surface area contributed by atoms with Crippen molar-refractivity contribution in [2.24, 2.45) is 0 Å². The minimum absolute atomic E-state index is 0.0671. The Morgan fingerprint density at radius 3 is 2.38 bits per heavy atom. The first-order chi connectivity index (χ1) is 5.99. The van der Waals surface area contributed by atoms with Gasteiger partial charge in [-0.15, -0.1) is 0 Å². The van der Waals surface area contributed by atoms with Crippen LogP contribution in [-0.2, 0) is 12.8 Å². The molecule has 0 aliphatic heterocycles. The van der Waals surface area contributed by atoms with Gasteiger partial charge >= 0.3 is 0 Å². The van der Waals surface area contributed by atoms with E-state index >= 15 is 0 Å². The van der Waals surface area contributed by atoms with Gasteiger partial charge in [-0.05, 0) is 23.3 Å². The van der Waals surface area contributed by atoms with Gasteiger partial charge in [0.05, 0.1) is 0 Å². The van der Waals surface area contributed by atoms with E-state index in [-0.39, 0.29) is 16.1 Å². The number of hydrogen-bond acceptors (Lipinski definition) is 0. The molecule has 2 rings (SSSR count). The Morgan fingerprint density at radius 1 is 1.15 bits per heavy atom. The van der Waals surface area contributed by atoms with Crippen molar-refractivity contribution in [1.82, 2.24) is 0 Å². The number of halogens is 4. The van der Waals surface area contributed by atoms with E-state index in [1.165, 1.54) is 6.07 Å². The van der Waals surface area contributed by atoms with Crippen LogP contribution >= 0.6 is 11.6 Å². The molecular formula is C9H6ClF3. The standard InChI is InChI=1S/C9H6ClF3/c10-7-1-2-8(11)6-4-9(12,13)3-5(6)7/h1-2H,3-4H2. The molecule has 0 heterocycles. The number of benzene rings is 1. The lowest BCUT2D eigenvalue weighted by molar-refractivity contribution is 0.0126. The van der Waals surface area contributed by atoms with E-state index < -0.39 is 24.6 Å². The van der Waals surface area contributed by atoms with Gasteiger partial charge in [-0.25, -0.2) is 13.2 Å². The molecule has 0 fully saturated rings. The third kappa shape index (κ3) is 1.41. The van der Waals surface area contributed by atoms with Crippen LogP contribution in [0.4, 0.5) is 13.2 Å². The maximum absolute atomic E-state index is 13.0. The monoisotopic (exact) mass is 206 g/mol. The first-order valence-electron chi connectivity index (χ1n) is 3.83. The summed E-state index contributed by atoms with van der Waals surface area (Å²) in [6.07, 6.45) is -0.979. The van der Waals surface area contributed by atoms with Crippen LogP contribution in [0, 0.1) is 5.82 Å². The van der Waals surface area contributed by atoms with Crippen LogP contribution in [0.15, 0.2) is 12.1 Å². The van der Waals surface area contributed by atoms with E-state index in [0.29, 0.717) is 0 Å². The highest BCUT2D eigenvalue weighted by Gasteiger charge is 2.39. The van der Waals surface area contributed by atoms with E-state index in [0.717, 1.165) is 6.07 Å². The molecule has 0 N–H and O–H groups in total. The van der Waals surface area contributed by atoms with Gasteiger partial charge in [0.15, 0.2) is 0 Å². The molecular weight excluding hydrogens is 201 g/mol. The highest BCUT2D eigenvalue weighted by atomic mass is 35.5. The minimum Gasteiger partial charge on any atom is -0.207 e. The molecule has 1 aliphatic carbocycles. The second-order valence-corrected chi connectivity index (χ2v) is 3.60. The average Bonchev–Trinajstić information content (AvgIpc) is 2.35. The Labute approximate surface area is 78.3 Å². The molecule has 0 aromatic heterocycles. The van der Waals surface area contributed by atoms with Crippen molar-refractivity contribution in [1.29, 1.82) is 0 Å². The second kappa shape index (κ2) is 2.64. The van der Waals surface area contributed by atoms with E-state index in [1.807, 2.05) is 0 Å². The smallest absolute Gasteiger partial charge is 0.207 e.